The van der Waals surface area contributed by atoms with Gasteiger partial charge in [0.05, 0.1) is 6.61 Å². The zero-order chi connectivity index (χ0) is 17.3. The molecule has 0 saturated heterocycles. The van der Waals surface area contributed by atoms with E-state index in [-0.39, 0.29) is 19.0 Å². The number of aryl methyl sites for hydroxylation is 1. The van der Waals surface area contributed by atoms with Crippen LogP contribution in [0.15, 0.2) is 24.3 Å². The number of hydrogen-bond acceptors (Lipinski definition) is 4. The van der Waals surface area contributed by atoms with Gasteiger partial charge in [-0.3, -0.25) is 4.79 Å². The topological polar surface area (TPSA) is 64.6 Å². The van der Waals surface area contributed by atoms with Crippen LogP contribution in [0.5, 0.6) is 0 Å². The maximum Gasteiger partial charge on any atom is 0.407 e. The number of ether oxygens (including phenoxy) is 2. The second kappa shape index (κ2) is 9.40. The Morgan fingerprint density at radius 2 is 1.91 bits per heavy atom. The summed E-state index contributed by atoms with van der Waals surface area (Å²) in [5.41, 5.74) is 0.410. The minimum absolute atomic E-state index is 0.261. The standard InChI is InChI=1S/C17H24ClNO4/c1-17(2,3)23-16(21)19-11-6-12-22-15(20)10-9-13-7-4-5-8-14(13)18/h4-5,7-8H,6,9-12H2,1-3H3,(H,19,21). The summed E-state index contributed by atoms with van der Waals surface area (Å²) in [6.07, 6.45) is 0.900. The minimum Gasteiger partial charge on any atom is -0.466 e. The van der Waals surface area contributed by atoms with Crippen molar-refractivity contribution in [2.75, 3.05) is 13.2 Å². The quantitative estimate of drug-likeness (QED) is 0.606. The molecule has 0 spiro atoms. The normalized spacial score (nSPS) is 11.0. The van der Waals surface area contributed by atoms with Gasteiger partial charge in [-0.1, -0.05) is 29.8 Å². The summed E-state index contributed by atoms with van der Waals surface area (Å²) in [5.74, 6) is -0.276. The molecule has 23 heavy (non-hydrogen) atoms. The molecule has 1 rings (SSSR count). The van der Waals surface area contributed by atoms with E-state index in [1.165, 1.54) is 0 Å². The molecular formula is C17H24ClNO4. The van der Waals surface area contributed by atoms with Crippen LogP contribution in [-0.2, 0) is 20.7 Å². The molecule has 1 N–H and O–H groups in total. The first kappa shape index (κ1) is 19.3. The van der Waals surface area contributed by atoms with Crippen molar-refractivity contribution in [2.24, 2.45) is 0 Å². The van der Waals surface area contributed by atoms with Crippen LogP contribution in [0.3, 0.4) is 0 Å². The number of alkyl carbamates (subject to hydrolysis) is 1. The lowest BCUT2D eigenvalue weighted by Crippen LogP contribution is -2.33. The van der Waals surface area contributed by atoms with Crippen LogP contribution in [0.25, 0.3) is 0 Å². The zero-order valence-electron chi connectivity index (χ0n) is 13.9. The van der Waals surface area contributed by atoms with E-state index in [1.54, 1.807) is 26.8 Å². The van der Waals surface area contributed by atoms with Gasteiger partial charge < -0.3 is 14.8 Å². The molecule has 0 bridgehead atoms. The highest BCUT2D eigenvalue weighted by Gasteiger charge is 2.15. The van der Waals surface area contributed by atoms with Crippen LogP contribution in [-0.4, -0.2) is 30.8 Å². The highest BCUT2D eigenvalue weighted by Crippen LogP contribution is 2.16. The van der Waals surface area contributed by atoms with E-state index in [9.17, 15) is 9.59 Å². The summed E-state index contributed by atoms with van der Waals surface area (Å²) in [7, 11) is 0. The van der Waals surface area contributed by atoms with Gasteiger partial charge in [0, 0.05) is 18.0 Å². The Kier molecular flexibility index (Phi) is 7.89. The van der Waals surface area contributed by atoms with E-state index in [2.05, 4.69) is 5.32 Å². The van der Waals surface area contributed by atoms with E-state index in [0.29, 0.717) is 24.4 Å². The van der Waals surface area contributed by atoms with Gasteiger partial charge in [-0.2, -0.15) is 0 Å². The van der Waals surface area contributed by atoms with Crippen molar-refractivity contribution in [3.05, 3.63) is 34.9 Å². The summed E-state index contributed by atoms with van der Waals surface area (Å²) in [6.45, 7) is 6.05. The average molecular weight is 342 g/mol. The monoisotopic (exact) mass is 341 g/mol. The Hall–Kier alpha value is -1.75. The molecule has 0 aliphatic carbocycles. The van der Waals surface area contributed by atoms with Crippen LogP contribution < -0.4 is 5.32 Å². The van der Waals surface area contributed by atoms with Crippen molar-refractivity contribution < 1.29 is 19.1 Å². The van der Waals surface area contributed by atoms with Crippen molar-refractivity contribution >= 4 is 23.7 Å². The predicted octanol–water partition coefficient (Wildman–Crippen LogP) is 3.73. The Labute approximate surface area is 142 Å². The maximum absolute atomic E-state index is 11.6. The van der Waals surface area contributed by atoms with Crippen molar-refractivity contribution in [1.29, 1.82) is 0 Å². The molecule has 0 aliphatic rings. The van der Waals surface area contributed by atoms with Crippen LogP contribution in [0.1, 0.15) is 39.2 Å². The first-order chi connectivity index (χ1) is 10.8. The third-order valence-electron chi connectivity index (χ3n) is 2.81. The molecule has 128 valence electrons. The molecule has 1 aromatic rings. The molecule has 5 nitrogen and oxygen atoms in total. The largest absolute Gasteiger partial charge is 0.466 e. The molecule has 0 radical (unpaired) electrons. The molecule has 0 atom stereocenters. The summed E-state index contributed by atoms with van der Waals surface area (Å²) in [5, 5.41) is 3.26. The van der Waals surface area contributed by atoms with Crippen molar-refractivity contribution in [2.45, 2.75) is 45.6 Å². The number of hydrogen-bond donors (Lipinski definition) is 1. The Bertz CT molecular complexity index is 526. The smallest absolute Gasteiger partial charge is 0.407 e. The molecule has 6 heteroatoms. The fraction of sp³-hybridized carbons (Fsp3) is 0.529. The number of esters is 1. The number of amides is 1. The Morgan fingerprint density at radius 1 is 1.22 bits per heavy atom. The SMILES string of the molecule is CC(C)(C)OC(=O)NCCCOC(=O)CCc1ccccc1Cl. The number of benzene rings is 1. The molecule has 1 amide bonds. The second-order valence-electron chi connectivity index (χ2n) is 6.09. The number of halogens is 1. The molecule has 0 aromatic heterocycles. The van der Waals surface area contributed by atoms with Gasteiger partial charge in [0.15, 0.2) is 0 Å². The lowest BCUT2D eigenvalue weighted by atomic mass is 10.1. The van der Waals surface area contributed by atoms with Crippen LogP contribution in [0, 0.1) is 0 Å². The Balaban J connectivity index is 2.11. The van der Waals surface area contributed by atoms with E-state index in [4.69, 9.17) is 21.1 Å². The van der Waals surface area contributed by atoms with Crippen LogP contribution in [0.4, 0.5) is 4.79 Å². The first-order valence-electron chi connectivity index (χ1n) is 7.64. The van der Waals surface area contributed by atoms with Crippen molar-refractivity contribution in [1.82, 2.24) is 5.32 Å². The third kappa shape index (κ3) is 9.08. The molecule has 0 saturated carbocycles. The molecule has 1 aromatic carbocycles. The Morgan fingerprint density at radius 3 is 2.57 bits per heavy atom. The van der Waals surface area contributed by atoms with Gasteiger partial charge in [0.1, 0.15) is 5.60 Å². The number of carbonyl (C=O) groups is 2. The number of nitrogens with one attached hydrogen (secondary N) is 1. The molecular weight excluding hydrogens is 318 g/mol. The lowest BCUT2D eigenvalue weighted by Gasteiger charge is -2.19. The van der Waals surface area contributed by atoms with Gasteiger partial charge in [-0.05, 0) is 45.2 Å². The summed E-state index contributed by atoms with van der Waals surface area (Å²) < 4.78 is 10.2. The van der Waals surface area contributed by atoms with E-state index in [1.807, 2.05) is 18.2 Å². The highest BCUT2D eigenvalue weighted by molar-refractivity contribution is 6.31. The molecule has 0 unspecified atom stereocenters. The number of carbonyl (C=O) groups excluding carboxylic acids is 2. The highest BCUT2D eigenvalue weighted by atomic mass is 35.5. The fourth-order valence-electron chi connectivity index (χ4n) is 1.77. The molecule has 0 fully saturated rings. The van der Waals surface area contributed by atoms with E-state index in [0.717, 1.165) is 5.56 Å². The van der Waals surface area contributed by atoms with Gasteiger partial charge in [-0.15, -0.1) is 0 Å². The summed E-state index contributed by atoms with van der Waals surface area (Å²) in [6, 6.07) is 7.42. The van der Waals surface area contributed by atoms with E-state index < -0.39 is 11.7 Å². The summed E-state index contributed by atoms with van der Waals surface area (Å²) in [4.78, 5) is 23.0. The first-order valence-corrected chi connectivity index (χ1v) is 8.01. The lowest BCUT2D eigenvalue weighted by molar-refractivity contribution is -0.143. The van der Waals surface area contributed by atoms with Crippen LogP contribution in [0.2, 0.25) is 5.02 Å². The summed E-state index contributed by atoms with van der Waals surface area (Å²) >= 11 is 6.02. The third-order valence-corrected chi connectivity index (χ3v) is 3.18. The predicted molar refractivity (Wildman–Crippen MR) is 89.6 cm³/mol. The second-order valence-corrected chi connectivity index (χ2v) is 6.50. The fourth-order valence-corrected chi connectivity index (χ4v) is 2.00. The van der Waals surface area contributed by atoms with Gasteiger partial charge in [-0.25, -0.2) is 4.79 Å². The number of rotatable bonds is 7. The zero-order valence-corrected chi connectivity index (χ0v) is 14.6. The minimum atomic E-state index is -0.519. The van der Waals surface area contributed by atoms with Crippen molar-refractivity contribution in [3.8, 4) is 0 Å². The van der Waals surface area contributed by atoms with Gasteiger partial charge >= 0.3 is 12.1 Å². The average Bonchev–Trinajstić information content (AvgIpc) is 2.44. The van der Waals surface area contributed by atoms with Gasteiger partial charge in [0.25, 0.3) is 0 Å². The van der Waals surface area contributed by atoms with E-state index >= 15 is 0 Å². The maximum atomic E-state index is 11.6. The van der Waals surface area contributed by atoms with Gasteiger partial charge in [0.2, 0.25) is 0 Å². The molecule has 0 aliphatic heterocycles. The molecule has 0 heterocycles. The van der Waals surface area contributed by atoms with Crippen molar-refractivity contribution in [3.63, 3.8) is 0 Å². The van der Waals surface area contributed by atoms with Crippen LogP contribution >= 0.6 is 11.6 Å².